The summed E-state index contributed by atoms with van der Waals surface area (Å²) in [5.74, 6) is 3.71. The van der Waals surface area contributed by atoms with Crippen molar-refractivity contribution in [3.63, 3.8) is 0 Å². The zero-order chi connectivity index (χ0) is 9.40. The summed E-state index contributed by atoms with van der Waals surface area (Å²) in [5, 5.41) is 0. The fourth-order valence-corrected chi connectivity index (χ4v) is 1.33. The third-order valence-corrected chi connectivity index (χ3v) is 1.91. The summed E-state index contributed by atoms with van der Waals surface area (Å²) in [6.45, 7) is 5.50. The second-order valence-electron chi connectivity index (χ2n) is 2.95. The van der Waals surface area contributed by atoms with Crippen LogP contribution in [0.15, 0.2) is 0 Å². The van der Waals surface area contributed by atoms with Crippen LogP contribution >= 0.6 is 0 Å². The Labute approximate surface area is 75.1 Å². The lowest BCUT2D eigenvalue weighted by Gasteiger charge is -2.09. The van der Waals surface area contributed by atoms with Gasteiger partial charge in [-0.15, -0.1) is 12.8 Å². The first-order chi connectivity index (χ1) is 5.83. The highest BCUT2D eigenvalue weighted by molar-refractivity contribution is 4.97. The molecule has 1 rings (SSSR count). The molecule has 1 fully saturated rings. The summed E-state index contributed by atoms with van der Waals surface area (Å²) in [5.41, 5.74) is 5.05. The minimum absolute atomic E-state index is 0.847. The lowest BCUT2D eigenvalue weighted by Crippen LogP contribution is -2.20. The van der Waals surface area contributed by atoms with Gasteiger partial charge in [0, 0.05) is 12.6 Å². The van der Waals surface area contributed by atoms with Crippen molar-refractivity contribution in [3.05, 3.63) is 0 Å². The maximum absolute atomic E-state index is 5.05. The lowest BCUT2D eigenvalue weighted by atomic mass is 10.2. The van der Waals surface area contributed by atoms with Crippen molar-refractivity contribution in [1.82, 2.24) is 4.90 Å². The molecule has 1 unspecified atom stereocenters. The van der Waals surface area contributed by atoms with Gasteiger partial charge in [-0.05, 0) is 18.9 Å². The Bertz CT molecular complexity index is 185. The molecule has 1 atom stereocenters. The smallest absolute Gasteiger partial charge is 0.0620 e. The third-order valence-electron chi connectivity index (χ3n) is 1.91. The molecular formula is C10H16N2. The summed E-state index contributed by atoms with van der Waals surface area (Å²) in [4.78, 5) is 2.34. The van der Waals surface area contributed by atoms with Crippen LogP contribution in [0, 0.1) is 30.7 Å². The highest BCUT2D eigenvalue weighted by Gasteiger charge is 2.16. The van der Waals surface area contributed by atoms with E-state index in [1.165, 1.54) is 19.5 Å². The van der Waals surface area contributed by atoms with Crippen LogP contribution < -0.4 is 5.73 Å². The summed E-state index contributed by atoms with van der Waals surface area (Å²) in [6.07, 6.45) is 9.31. The second kappa shape index (κ2) is 6.58. The molecule has 2 nitrogen and oxygen atoms in total. The standard InChI is InChI=1S/C8H14N2.C2H2/c1-8-3-6-10(7-8)5-2-4-9;1-2/h8H,3,5-7,9H2,1H3;1-2H. The number of rotatable bonds is 1. The van der Waals surface area contributed by atoms with Crippen LogP contribution in [0.25, 0.3) is 0 Å². The van der Waals surface area contributed by atoms with Gasteiger partial charge >= 0.3 is 0 Å². The fraction of sp³-hybridized carbons (Fsp3) is 0.600. The molecule has 0 aliphatic carbocycles. The molecule has 12 heavy (non-hydrogen) atoms. The van der Waals surface area contributed by atoms with Crippen molar-refractivity contribution in [3.8, 4) is 24.8 Å². The summed E-state index contributed by atoms with van der Waals surface area (Å²) in [7, 11) is 0. The average molecular weight is 164 g/mol. The largest absolute Gasteiger partial charge is 0.359 e. The number of nitrogens with zero attached hydrogens (tertiary/aromatic N) is 1. The molecule has 0 aromatic rings. The minimum atomic E-state index is 0.847. The monoisotopic (exact) mass is 164 g/mol. The average Bonchev–Trinajstić information content (AvgIpc) is 2.51. The molecule has 0 bridgehead atoms. The Morgan fingerprint density at radius 1 is 1.58 bits per heavy atom. The number of hydrogen-bond acceptors (Lipinski definition) is 2. The Hall–Kier alpha value is -1.12. The van der Waals surface area contributed by atoms with Gasteiger partial charge in [0.2, 0.25) is 0 Å². The van der Waals surface area contributed by atoms with E-state index in [9.17, 15) is 0 Å². The number of likely N-dealkylation sites (tertiary alicyclic amines) is 1. The number of nitrogens with two attached hydrogens (primary N) is 1. The van der Waals surface area contributed by atoms with Crippen LogP contribution in [0.2, 0.25) is 0 Å². The molecule has 0 spiro atoms. The van der Waals surface area contributed by atoms with E-state index < -0.39 is 0 Å². The van der Waals surface area contributed by atoms with E-state index in [2.05, 4.69) is 36.6 Å². The zero-order valence-electron chi connectivity index (χ0n) is 7.59. The van der Waals surface area contributed by atoms with Crippen molar-refractivity contribution < 1.29 is 0 Å². The molecule has 0 amide bonds. The van der Waals surface area contributed by atoms with Gasteiger partial charge in [0.25, 0.3) is 0 Å². The maximum atomic E-state index is 5.05. The first kappa shape index (κ1) is 10.9. The lowest BCUT2D eigenvalue weighted by molar-refractivity contribution is 0.369. The van der Waals surface area contributed by atoms with Crippen LogP contribution in [0.3, 0.4) is 0 Å². The summed E-state index contributed by atoms with van der Waals surface area (Å²) >= 11 is 0. The Morgan fingerprint density at radius 3 is 2.67 bits per heavy atom. The summed E-state index contributed by atoms with van der Waals surface area (Å²) in [6, 6.07) is 2.42. The molecule has 0 aromatic heterocycles. The molecule has 1 aliphatic rings. The van der Waals surface area contributed by atoms with Gasteiger partial charge < -0.3 is 5.73 Å². The van der Waals surface area contributed by atoms with Crippen molar-refractivity contribution in [1.29, 1.82) is 0 Å². The van der Waals surface area contributed by atoms with Crippen molar-refractivity contribution in [2.75, 3.05) is 19.6 Å². The Kier molecular flexibility index (Phi) is 5.97. The second-order valence-corrected chi connectivity index (χ2v) is 2.95. The quantitative estimate of drug-likeness (QED) is 0.451. The SMILES string of the molecule is C#C.CC1CCN(CC#CN)C1. The third kappa shape index (κ3) is 3.91. The predicted octanol–water partition coefficient (Wildman–Crippen LogP) is 0.497. The van der Waals surface area contributed by atoms with E-state index in [1.807, 2.05) is 0 Å². The van der Waals surface area contributed by atoms with Gasteiger partial charge in [-0.3, -0.25) is 4.90 Å². The van der Waals surface area contributed by atoms with Gasteiger partial charge in [0.05, 0.1) is 6.54 Å². The van der Waals surface area contributed by atoms with E-state index in [4.69, 9.17) is 5.73 Å². The Balaban J connectivity index is 0.000000561. The molecule has 1 aliphatic heterocycles. The van der Waals surface area contributed by atoms with Crippen LogP contribution in [-0.4, -0.2) is 24.5 Å². The van der Waals surface area contributed by atoms with Crippen molar-refractivity contribution in [2.24, 2.45) is 11.7 Å². The molecule has 66 valence electrons. The van der Waals surface area contributed by atoms with E-state index in [-0.39, 0.29) is 0 Å². The molecule has 0 saturated carbocycles. The Morgan fingerprint density at radius 2 is 2.25 bits per heavy atom. The zero-order valence-corrected chi connectivity index (χ0v) is 7.59. The molecule has 2 heteroatoms. The number of terminal acetylenes is 1. The van der Waals surface area contributed by atoms with Gasteiger partial charge in [-0.1, -0.05) is 12.8 Å². The highest BCUT2D eigenvalue weighted by Crippen LogP contribution is 2.13. The van der Waals surface area contributed by atoms with Gasteiger partial charge in [0.1, 0.15) is 0 Å². The normalized spacial score (nSPS) is 21.8. The molecule has 1 saturated heterocycles. The first-order valence-corrected chi connectivity index (χ1v) is 4.07. The predicted molar refractivity (Wildman–Crippen MR) is 52.1 cm³/mol. The van der Waals surface area contributed by atoms with Crippen LogP contribution in [-0.2, 0) is 0 Å². The van der Waals surface area contributed by atoms with E-state index in [0.29, 0.717) is 0 Å². The molecule has 1 heterocycles. The van der Waals surface area contributed by atoms with Crippen molar-refractivity contribution >= 4 is 0 Å². The van der Waals surface area contributed by atoms with Gasteiger partial charge in [0.15, 0.2) is 0 Å². The van der Waals surface area contributed by atoms with Gasteiger partial charge in [-0.2, -0.15) is 0 Å². The first-order valence-electron chi connectivity index (χ1n) is 4.07. The van der Waals surface area contributed by atoms with Crippen LogP contribution in [0.4, 0.5) is 0 Å². The van der Waals surface area contributed by atoms with Crippen molar-refractivity contribution in [2.45, 2.75) is 13.3 Å². The molecule has 0 aromatic carbocycles. The van der Waals surface area contributed by atoms with E-state index in [0.717, 1.165) is 12.5 Å². The molecular weight excluding hydrogens is 148 g/mol. The van der Waals surface area contributed by atoms with E-state index in [1.54, 1.807) is 0 Å². The molecule has 2 N–H and O–H groups in total. The molecule has 0 radical (unpaired) electrons. The fourth-order valence-electron chi connectivity index (χ4n) is 1.33. The van der Waals surface area contributed by atoms with Gasteiger partial charge in [-0.25, -0.2) is 0 Å². The minimum Gasteiger partial charge on any atom is -0.359 e. The summed E-state index contributed by atoms with van der Waals surface area (Å²) < 4.78 is 0. The van der Waals surface area contributed by atoms with Crippen LogP contribution in [0.1, 0.15) is 13.3 Å². The maximum Gasteiger partial charge on any atom is 0.0620 e. The number of hydrogen-bond donors (Lipinski definition) is 1. The highest BCUT2D eigenvalue weighted by atomic mass is 15.1. The van der Waals surface area contributed by atoms with Crippen LogP contribution in [0.5, 0.6) is 0 Å². The topological polar surface area (TPSA) is 29.3 Å². The van der Waals surface area contributed by atoms with E-state index >= 15 is 0 Å².